The number of nitrogens with zero attached hydrogens (tertiary/aromatic N) is 1. The van der Waals surface area contributed by atoms with E-state index in [4.69, 9.17) is 5.11 Å². The number of aliphatic carboxylic acids is 1. The van der Waals surface area contributed by atoms with Gasteiger partial charge in [0.15, 0.2) is 0 Å². The molecule has 1 aromatic heterocycles. The number of carboxylic acid groups (broad SMARTS) is 1. The van der Waals surface area contributed by atoms with Crippen molar-refractivity contribution in [3.63, 3.8) is 0 Å². The summed E-state index contributed by atoms with van der Waals surface area (Å²) in [4.78, 5) is 26.7. The third-order valence-corrected chi connectivity index (χ3v) is 3.42. The molecule has 5 nitrogen and oxygen atoms in total. The van der Waals surface area contributed by atoms with Crippen molar-refractivity contribution in [3.05, 3.63) is 24.5 Å². The number of aromatic nitrogens is 1. The molecule has 0 saturated carbocycles. The molecular formula is C13H18N2O3S. The highest BCUT2D eigenvalue weighted by molar-refractivity contribution is 8.00. The molecule has 19 heavy (non-hydrogen) atoms. The van der Waals surface area contributed by atoms with Crippen LogP contribution in [0.4, 0.5) is 0 Å². The van der Waals surface area contributed by atoms with Gasteiger partial charge in [0.1, 0.15) is 0 Å². The summed E-state index contributed by atoms with van der Waals surface area (Å²) in [6, 6.07) is 3.73. The zero-order valence-electron chi connectivity index (χ0n) is 10.7. The van der Waals surface area contributed by atoms with Gasteiger partial charge in [0.25, 0.3) is 0 Å². The van der Waals surface area contributed by atoms with Crippen molar-refractivity contribution in [2.75, 3.05) is 12.3 Å². The van der Waals surface area contributed by atoms with E-state index in [9.17, 15) is 9.59 Å². The van der Waals surface area contributed by atoms with Crippen molar-refractivity contribution >= 4 is 23.6 Å². The van der Waals surface area contributed by atoms with Crippen molar-refractivity contribution in [1.29, 1.82) is 0 Å². The molecule has 2 N–H and O–H groups in total. The number of rotatable bonds is 9. The van der Waals surface area contributed by atoms with Crippen molar-refractivity contribution < 1.29 is 14.7 Å². The van der Waals surface area contributed by atoms with Crippen LogP contribution in [0.3, 0.4) is 0 Å². The highest BCUT2D eigenvalue weighted by Crippen LogP contribution is 2.15. The second kappa shape index (κ2) is 9.38. The van der Waals surface area contributed by atoms with E-state index in [1.54, 1.807) is 12.4 Å². The summed E-state index contributed by atoms with van der Waals surface area (Å²) in [6.07, 6.45) is 5.90. The first-order valence-electron chi connectivity index (χ1n) is 6.20. The van der Waals surface area contributed by atoms with Gasteiger partial charge in [-0.2, -0.15) is 0 Å². The van der Waals surface area contributed by atoms with Crippen molar-refractivity contribution in [2.45, 2.75) is 30.6 Å². The van der Waals surface area contributed by atoms with Crippen LogP contribution in [0.25, 0.3) is 0 Å². The fourth-order valence-electron chi connectivity index (χ4n) is 1.44. The topological polar surface area (TPSA) is 79.3 Å². The predicted molar refractivity (Wildman–Crippen MR) is 74.1 cm³/mol. The molecular weight excluding hydrogens is 264 g/mol. The molecule has 0 atom stereocenters. The summed E-state index contributed by atoms with van der Waals surface area (Å²) in [6.45, 7) is 0.607. The third kappa shape index (κ3) is 8.20. The van der Waals surface area contributed by atoms with E-state index in [-0.39, 0.29) is 12.3 Å². The van der Waals surface area contributed by atoms with Gasteiger partial charge in [0, 0.05) is 30.3 Å². The first-order chi connectivity index (χ1) is 9.18. The first-order valence-corrected chi connectivity index (χ1v) is 7.18. The molecule has 1 amide bonds. The number of carbonyl (C=O) groups excluding carboxylic acids is 1. The van der Waals surface area contributed by atoms with Gasteiger partial charge < -0.3 is 10.4 Å². The molecule has 104 valence electrons. The van der Waals surface area contributed by atoms with E-state index < -0.39 is 5.97 Å². The number of thioether (sulfide) groups is 1. The minimum absolute atomic E-state index is 0.0000434. The SMILES string of the molecule is O=C(O)CCCCCNC(=O)CSc1ccncc1. The fraction of sp³-hybridized carbons (Fsp3) is 0.462. The minimum Gasteiger partial charge on any atom is -0.481 e. The second-order valence-corrected chi connectivity index (χ2v) is 5.07. The standard InChI is InChI=1S/C13H18N2O3S/c16-12(10-19-11-5-8-14-9-6-11)15-7-3-1-2-4-13(17)18/h5-6,8-9H,1-4,7,10H2,(H,15,16)(H,17,18). The van der Waals surface area contributed by atoms with Crippen LogP contribution in [0.15, 0.2) is 29.4 Å². The van der Waals surface area contributed by atoms with Crippen LogP contribution in [0.1, 0.15) is 25.7 Å². The summed E-state index contributed by atoms with van der Waals surface area (Å²) >= 11 is 1.47. The molecule has 0 bridgehead atoms. The Bertz CT molecular complexity index is 398. The number of pyridine rings is 1. The molecule has 1 rings (SSSR count). The van der Waals surface area contributed by atoms with Gasteiger partial charge in [-0.1, -0.05) is 6.42 Å². The lowest BCUT2D eigenvalue weighted by Gasteiger charge is -2.04. The van der Waals surface area contributed by atoms with Crippen LogP contribution in [-0.2, 0) is 9.59 Å². The lowest BCUT2D eigenvalue weighted by Crippen LogP contribution is -2.26. The van der Waals surface area contributed by atoms with E-state index in [0.717, 1.165) is 17.7 Å². The normalized spacial score (nSPS) is 10.1. The Hall–Kier alpha value is -1.56. The quantitative estimate of drug-likeness (QED) is 0.534. The van der Waals surface area contributed by atoms with E-state index in [0.29, 0.717) is 18.7 Å². The lowest BCUT2D eigenvalue weighted by atomic mass is 10.2. The van der Waals surface area contributed by atoms with E-state index >= 15 is 0 Å². The van der Waals surface area contributed by atoms with E-state index in [1.807, 2.05) is 12.1 Å². The van der Waals surface area contributed by atoms with E-state index in [1.165, 1.54) is 11.8 Å². The molecule has 0 spiro atoms. The molecule has 0 aliphatic heterocycles. The maximum absolute atomic E-state index is 11.5. The fourth-order valence-corrected chi connectivity index (χ4v) is 2.15. The number of amides is 1. The Balaban J connectivity index is 2.01. The summed E-state index contributed by atoms with van der Waals surface area (Å²) in [5.41, 5.74) is 0. The molecule has 0 unspecified atom stereocenters. The number of unbranched alkanes of at least 4 members (excludes halogenated alkanes) is 2. The Morgan fingerprint density at radius 2 is 1.95 bits per heavy atom. The van der Waals surface area contributed by atoms with Crippen LogP contribution in [0.2, 0.25) is 0 Å². The molecule has 0 aliphatic rings. The largest absolute Gasteiger partial charge is 0.481 e. The molecule has 0 aliphatic carbocycles. The van der Waals surface area contributed by atoms with Gasteiger partial charge in [0.2, 0.25) is 5.91 Å². The molecule has 0 radical (unpaired) electrons. The molecule has 6 heteroatoms. The van der Waals surface area contributed by atoms with Gasteiger partial charge in [-0.15, -0.1) is 11.8 Å². The maximum Gasteiger partial charge on any atom is 0.303 e. The summed E-state index contributed by atoms with van der Waals surface area (Å²) < 4.78 is 0. The van der Waals surface area contributed by atoms with Gasteiger partial charge in [0.05, 0.1) is 5.75 Å². The van der Waals surface area contributed by atoms with Crippen LogP contribution in [0.5, 0.6) is 0 Å². The Morgan fingerprint density at radius 3 is 2.63 bits per heavy atom. The zero-order valence-corrected chi connectivity index (χ0v) is 11.5. The van der Waals surface area contributed by atoms with Crippen molar-refractivity contribution in [2.24, 2.45) is 0 Å². The Kier molecular flexibility index (Phi) is 7.65. The summed E-state index contributed by atoms with van der Waals surface area (Å²) in [7, 11) is 0. The number of nitrogens with one attached hydrogen (secondary N) is 1. The van der Waals surface area contributed by atoms with Gasteiger partial charge >= 0.3 is 5.97 Å². The molecule has 1 aromatic rings. The van der Waals surface area contributed by atoms with Crippen LogP contribution in [-0.4, -0.2) is 34.3 Å². The molecule has 0 aromatic carbocycles. The average molecular weight is 282 g/mol. The Labute approximate surface area is 116 Å². The maximum atomic E-state index is 11.5. The van der Waals surface area contributed by atoms with Gasteiger partial charge in [-0.3, -0.25) is 14.6 Å². The summed E-state index contributed by atoms with van der Waals surface area (Å²) in [5, 5.41) is 11.3. The Morgan fingerprint density at radius 1 is 1.21 bits per heavy atom. The highest BCUT2D eigenvalue weighted by Gasteiger charge is 2.02. The number of hydrogen-bond donors (Lipinski definition) is 2. The number of carbonyl (C=O) groups is 2. The van der Waals surface area contributed by atoms with Crippen LogP contribution in [0, 0.1) is 0 Å². The molecule has 1 heterocycles. The van der Waals surface area contributed by atoms with Crippen LogP contribution >= 0.6 is 11.8 Å². The minimum atomic E-state index is -0.766. The number of carboxylic acids is 1. The zero-order chi connectivity index (χ0) is 13.9. The second-order valence-electron chi connectivity index (χ2n) is 4.03. The lowest BCUT2D eigenvalue weighted by molar-refractivity contribution is -0.137. The van der Waals surface area contributed by atoms with Crippen LogP contribution < -0.4 is 5.32 Å². The van der Waals surface area contributed by atoms with Crippen molar-refractivity contribution in [3.8, 4) is 0 Å². The average Bonchev–Trinajstić information content (AvgIpc) is 2.41. The monoisotopic (exact) mass is 282 g/mol. The third-order valence-electron chi connectivity index (χ3n) is 2.41. The van der Waals surface area contributed by atoms with Gasteiger partial charge in [-0.25, -0.2) is 0 Å². The van der Waals surface area contributed by atoms with E-state index in [2.05, 4.69) is 10.3 Å². The smallest absolute Gasteiger partial charge is 0.303 e. The molecule has 0 saturated heterocycles. The van der Waals surface area contributed by atoms with Crippen molar-refractivity contribution in [1.82, 2.24) is 10.3 Å². The highest BCUT2D eigenvalue weighted by atomic mass is 32.2. The predicted octanol–water partition coefficient (Wildman–Crippen LogP) is 1.93. The first kappa shape index (κ1) is 15.5. The molecule has 0 fully saturated rings. The summed E-state index contributed by atoms with van der Waals surface area (Å²) in [5.74, 6) is -0.378. The number of hydrogen-bond acceptors (Lipinski definition) is 4. The van der Waals surface area contributed by atoms with Gasteiger partial charge in [-0.05, 0) is 25.0 Å².